The van der Waals surface area contributed by atoms with Gasteiger partial charge >= 0.3 is 5.97 Å². The van der Waals surface area contributed by atoms with E-state index in [-0.39, 0.29) is 12.1 Å². The van der Waals surface area contributed by atoms with E-state index in [2.05, 4.69) is 22.6 Å². The number of esters is 1. The number of benzene rings is 1. The second-order valence-corrected chi connectivity index (χ2v) is 7.60. The summed E-state index contributed by atoms with van der Waals surface area (Å²) in [5, 5.41) is 0.945. The van der Waals surface area contributed by atoms with E-state index in [0.717, 1.165) is 36.7 Å². The molecule has 5 nitrogen and oxygen atoms in total. The van der Waals surface area contributed by atoms with E-state index < -0.39 is 0 Å². The number of hydrogen-bond acceptors (Lipinski definition) is 4. The van der Waals surface area contributed by atoms with E-state index in [1.807, 2.05) is 18.2 Å². The Morgan fingerprint density at radius 2 is 1.96 bits per heavy atom. The summed E-state index contributed by atoms with van der Waals surface area (Å²) in [6.45, 7) is 1.55. The topological polar surface area (TPSA) is 43.7 Å². The average Bonchev–Trinajstić information content (AvgIpc) is 3.04. The van der Waals surface area contributed by atoms with E-state index in [0.29, 0.717) is 30.1 Å². The minimum absolute atomic E-state index is 0.0269. The van der Waals surface area contributed by atoms with Crippen LogP contribution >= 0.6 is 0 Å². The lowest BCUT2D eigenvalue weighted by Gasteiger charge is -2.35. The summed E-state index contributed by atoms with van der Waals surface area (Å²) in [5.41, 5.74) is 1.68. The molecule has 2 aromatic rings. The van der Waals surface area contributed by atoms with Crippen LogP contribution in [0.15, 0.2) is 24.3 Å². The molecule has 0 N–H and O–H groups in total. The van der Waals surface area contributed by atoms with Crippen molar-refractivity contribution in [1.29, 1.82) is 0 Å². The van der Waals surface area contributed by atoms with Crippen molar-refractivity contribution in [2.24, 2.45) is 0 Å². The third-order valence-electron chi connectivity index (χ3n) is 6.22. The molecule has 1 aromatic heterocycles. The number of fused-ring (bicyclic) bond motifs is 5. The lowest BCUT2D eigenvalue weighted by atomic mass is 10.0. The van der Waals surface area contributed by atoms with Crippen LogP contribution in [0.3, 0.4) is 0 Å². The Labute approximate surface area is 147 Å². The fraction of sp³-hybridized carbons (Fsp3) is 0.550. The number of rotatable bonds is 2. The molecule has 0 saturated carbocycles. The molecule has 0 amide bonds. The molecule has 4 heterocycles. The first-order valence-electron chi connectivity index (χ1n) is 9.39. The third kappa shape index (κ3) is 2.36. The summed E-state index contributed by atoms with van der Waals surface area (Å²) in [4.78, 5) is 15.5. The molecule has 2 bridgehead atoms. The van der Waals surface area contributed by atoms with Gasteiger partial charge in [0.05, 0.1) is 12.1 Å². The first kappa shape index (κ1) is 15.3. The fourth-order valence-electron chi connectivity index (χ4n) is 4.91. The Bertz CT molecular complexity index is 814. The van der Waals surface area contributed by atoms with Crippen LogP contribution in [0.5, 0.6) is 5.88 Å². The fourth-order valence-corrected chi connectivity index (χ4v) is 4.91. The number of para-hydroxylation sites is 1. The number of carbonyl (C=O) groups is 1. The van der Waals surface area contributed by atoms with Crippen LogP contribution in [0.1, 0.15) is 42.5 Å². The van der Waals surface area contributed by atoms with Gasteiger partial charge in [-0.1, -0.05) is 18.2 Å². The Morgan fingerprint density at radius 1 is 1.20 bits per heavy atom. The van der Waals surface area contributed by atoms with Crippen LogP contribution in [0.25, 0.3) is 10.9 Å². The molecule has 2 saturated heterocycles. The Kier molecular flexibility index (Phi) is 3.52. The van der Waals surface area contributed by atoms with Gasteiger partial charge in [-0.15, -0.1) is 0 Å². The van der Waals surface area contributed by atoms with Crippen molar-refractivity contribution in [2.75, 3.05) is 13.7 Å². The maximum absolute atomic E-state index is 13.0. The number of nitrogens with zero attached hydrogens (tertiary/aromatic N) is 2. The van der Waals surface area contributed by atoms with Crippen LogP contribution in [0.4, 0.5) is 0 Å². The highest BCUT2D eigenvalue weighted by Gasteiger charge is 2.40. The second-order valence-electron chi connectivity index (χ2n) is 7.60. The molecule has 25 heavy (non-hydrogen) atoms. The molecule has 3 aliphatic heterocycles. The van der Waals surface area contributed by atoms with Gasteiger partial charge in [-0.05, 0) is 32.4 Å². The quantitative estimate of drug-likeness (QED) is 0.788. The van der Waals surface area contributed by atoms with E-state index >= 15 is 0 Å². The summed E-state index contributed by atoms with van der Waals surface area (Å²) in [6.07, 6.45) is 5.35. The van der Waals surface area contributed by atoms with Gasteiger partial charge in [0.1, 0.15) is 11.7 Å². The Hall–Kier alpha value is -2.01. The maximum atomic E-state index is 13.0. The molecule has 0 spiro atoms. The SMILES string of the molecule is CN1[C@@H]2CC[C@H]1CC(OC(=O)c1c3n(c4ccccc14)CCCO3)C2. The molecule has 5 rings (SSSR count). The predicted molar refractivity (Wildman–Crippen MR) is 95.1 cm³/mol. The van der Waals surface area contributed by atoms with E-state index in [4.69, 9.17) is 9.47 Å². The van der Waals surface area contributed by atoms with Gasteiger partial charge in [-0.25, -0.2) is 4.79 Å². The molecule has 0 aliphatic carbocycles. The summed E-state index contributed by atoms with van der Waals surface area (Å²) < 4.78 is 14.0. The Balaban J connectivity index is 1.46. The molecular formula is C20H24N2O3. The number of aromatic nitrogens is 1. The predicted octanol–water partition coefficient (Wildman–Crippen LogP) is 3.21. The standard InChI is InChI=1S/C20H24N2O3/c1-21-13-7-8-14(21)12-15(11-13)25-20(23)18-16-5-2-3-6-17(16)22-9-4-10-24-19(18)22/h2-3,5-6,13-15H,4,7-12H2,1H3/t13-,14+,15?. The largest absolute Gasteiger partial charge is 0.478 e. The number of carbonyl (C=O) groups excluding carboxylic acids is 1. The summed E-state index contributed by atoms with van der Waals surface area (Å²) in [7, 11) is 2.20. The van der Waals surface area contributed by atoms with Crippen molar-refractivity contribution in [2.45, 2.75) is 56.8 Å². The minimum Gasteiger partial charge on any atom is -0.478 e. The highest BCUT2D eigenvalue weighted by Crippen LogP contribution is 2.38. The minimum atomic E-state index is -0.221. The van der Waals surface area contributed by atoms with Crippen LogP contribution in [0.2, 0.25) is 0 Å². The molecule has 0 radical (unpaired) electrons. The van der Waals surface area contributed by atoms with Gasteiger partial charge in [0.15, 0.2) is 0 Å². The van der Waals surface area contributed by atoms with Gasteiger partial charge in [0.25, 0.3) is 0 Å². The lowest BCUT2D eigenvalue weighted by Crippen LogP contribution is -2.43. The van der Waals surface area contributed by atoms with Crippen LogP contribution in [-0.4, -0.2) is 47.3 Å². The van der Waals surface area contributed by atoms with Crippen molar-refractivity contribution in [3.63, 3.8) is 0 Å². The first-order valence-corrected chi connectivity index (χ1v) is 9.39. The molecule has 1 unspecified atom stereocenters. The van der Waals surface area contributed by atoms with Gasteiger partial charge in [-0.3, -0.25) is 0 Å². The second kappa shape index (κ2) is 5.77. The average molecular weight is 340 g/mol. The molecule has 132 valence electrons. The van der Waals surface area contributed by atoms with Gasteiger partial charge in [0.2, 0.25) is 5.88 Å². The lowest BCUT2D eigenvalue weighted by molar-refractivity contribution is -0.000680. The highest BCUT2D eigenvalue weighted by molar-refractivity contribution is 6.07. The van der Waals surface area contributed by atoms with Crippen molar-refractivity contribution in [1.82, 2.24) is 9.47 Å². The van der Waals surface area contributed by atoms with Crippen molar-refractivity contribution >= 4 is 16.9 Å². The molecule has 3 atom stereocenters. The van der Waals surface area contributed by atoms with Crippen molar-refractivity contribution in [3.8, 4) is 5.88 Å². The zero-order valence-corrected chi connectivity index (χ0v) is 14.6. The van der Waals surface area contributed by atoms with E-state index in [1.54, 1.807) is 0 Å². The van der Waals surface area contributed by atoms with Crippen LogP contribution in [-0.2, 0) is 11.3 Å². The number of piperidine rings is 1. The summed E-state index contributed by atoms with van der Waals surface area (Å²) >= 11 is 0. The molecule has 3 aliphatic rings. The number of aryl methyl sites for hydroxylation is 1. The zero-order chi connectivity index (χ0) is 17.0. The van der Waals surface area contributed by atoms with E-state index in [1.165, 1.54) is 12.8 Å². The monoisotopic (exact) mass is 340 g/mol. The highest BCUT2D eigenvalue weighted by atomic mass is 16.5. The number of hydrogen-bond donors (Lipinski definition) is 0. The molecule has 2 fully saturated rings. The summed E-state index contributed by atoms with van der Waals surface area (Å²) in [6, 6.07) is 9.16. The van der Waals surface area contributed by atoms with E-state index in [9.17, 15) is 4.79 Å². The smallest absolute Gasteiger partial charge is 0.344 e. The van der Waals surface area contributed by atoms with Gasteiger partial charge < -0.3 is 18.9 Å². The molecule has 5 heteroatoms. The third-order valence-corrected chi connectivity index (χ3v) is 6.22. The molecular weight excluding hydrogens is 316 g/mol. The van der Waals surface area contributed by atoms with Crippen molar-refractivity contribution < 1.29 is 14.3 Å². The number of ether oxygens (including phenoxy) is 2. The molecule has 1 aromatic carbocycles. The maximum Gasteiger partial charge on any atom is 0.344 e. The zero-order valence-electron chi connectivity index (χ0n) is 14.6. The summed E-state index contributed by atoms with van der Waals surface area (Å²) in [5.74, 6) is 0.467. The normalized spacial score (nSPS) is 28.6. The Morgan fingerprint density at radius 3 is 2.76 bits per heavy atom. The van der Waals surface area contributed by atoms with Crippen molar-refractivity contribution in [3.05, 3.63) is 29.8 Å². The van der Waals surface area contributed by atoms with Crippen LogP contribution in [0, 0.1) is 0 Å². The van der Waals surface area contributed by atoms with Gasteiger partial charge in [-0.2, -0.15) is 0 Å². The first-order chi connectivity index (χ1) is 12.2. The van der Waals surface area contributed by atoms with Gasteiger partial charge in [0, 0.05) is 36.9 Å². The van der Waals surface area contributed by atoms with Crippen LogP contribution < -0.4 is 4.74 Å².